The molecule has 2 N–H and O–H groups in total. The van der Waals surface area contributed by atoms with E-state index in [0.717, 1.165) is 6.20 Å². The van der Waals surface area contributed by atoms with E-state index in [2.05, 4.69) is 11.1 Å². The van der Waals surface area contributed by atoms with E-state index in [9.17, 15) is 4.39 Å². The highest BCUT2D eigenvalue weighted by Crippen LogP contribution is 2.04. The van der Waals surface area contributed by atoms with Gasteiger partial charge in [0.1, 0.15) is 11.6 Å². The fourth-order valence-corrected chi connectivity index (χ4v) is 0.507. The molecule has 0 amide bonds. The van der Waals surface area contributed by atoms with Crippen LogP contribution in [0.25, 0.3) is 0 Å². The predicted molar refractivity (Wildman–Crippen MR) is 32.2 cm³/mol. The summed E-state index contributed by atoms with van der Waals surface area (Å²) in [4.78, 5) is 3.49. The molecule has 0 saturated carbocycles. The summed E-state index contributed by atoms with van der Waals surface area (Å²) in [7, 11) is 0. The van der Waals surface area contributed by atoms with Crippen LogP contribution in [0.2, 0.25) is 0 Å². The van der Waals surface area contributed by atoms with Crippen LogP contribution >= 0.6 is 0 Å². The van der Waals surface area contributed by atoms with Gasteiger partial charge in [0.05, 0.1) is 6.20 Å². The summed E-state index contributed by atoms with van der Waals surface area (Å²) < 4.78 is 12.3. The summed E-state index contributed by atoms with van der Waals surface area (Å²) in [5, 5.41) is 0. The summed E-state index contributed by atoms with van der Waals surface area (Å²) in [5.41, 5.74) is 5.60. The van der Waals surface area contributed by atoms with Gasteiger partial charge in [-0.1, -0.05) is 0 Å². The van der Waals surface area contributed by atoms with Gasteiger partial charge >= 0.3 is 0 Å². The molecule has 3 heteroatoms. The van der Waals surface area contributed by atoms with Gasteiger partial charge in [-0.05, 0) is 12.5 Å². The molecule has 9 heavy (non-hydrogen) atoms. The minimum Gasteiger partial charge on any atom is -0.383 e. The van der Waals surface area contributed by atoms with Crippen LogP contribution in [-0.4, -0.2) is 4.98 Å². The molecule has 0 atom stereocenters. The van der Waals surface area contributed by atoms with Gasteiger partial charge in [0.15, 0.2) is 0 Å². The van der Waals surface area contributed by atoms with Crippen LogP contribution in [0.3, 0.4) is 0 Å². The zero-order valence-electron chi connectivity index (χ0n) is 4.98. The first kappa shape index (κ1) is 6.01. The van der Waals surface area contributed by atoms with Crippen LogP contribution < -0.4 is 5.73 Å². The third-order valence-corrected chi connectivity index (χ3v) is 0.991. The minimum atomic E-state index is -0.371. The van der Waals surface area contributed by atoms with Gasteiger partial charge in [-0.2, -0.15) is 0 Å². The highest BCUT2D eigenvalue weighted by molar-refractivity contribution is 5.29. The zero-order valence-corrected chi connectivity index (χ0v) is 4.98. The molecule has 0 spiro atoms. The number of hydrogen-bond donors (Lipinski definition) is 1. The zero-order chi connectivity index (χ0) is 6.85. The largest absolute Gasteiger partial charge is 0.383 e. The average Bonchev–Trinajstić information content (AvgIpc) is 1.80. The molecule has 0 bridgehead atoms. The lowest BCUT2D eigenvalue weighted by molar-refractivity contribution is 0.612. The summed E-state index contributed by atoms with van der Waals surface area (Å²) in [6.07, 6.45) is 1.08. The van der Waals surface area contributed by atoms with E-state index in [4.69, 9.17) is 5.73 Å². The van der Waals surface area contributed by atoms with E-state index >= 15 is 0 Å². The van der Waals surface area contributed by atoms with Crippen LogP contribution in [0.1, 0.15) is 5.56 Å². The highest BCUT2D eigenvalue weighted by atomic mass is 19.1. The molecular weight excluding hydrogens is 119 g/mol. The second-order valence-electron chi connectivity index (χ2n) is 1.74. The van der Waals surface area contributed by atoms with Crippen LogP contribution in [0.5, 0.6) is 0 Å². The van der Waals surface area contributed by atoms with Crippen molar-refractivity contribution in [3.63, 3.8) is 0 Å². The molecule has 1 aromatic rings. The third kappa shape index (κ3) is 1.16. The molecule has 0 fully saturated rings. The lowest BCUT2D eigenvalue weighted by Gasteiger charge is -1.93. The summed E-state index contributed by atoms with van der Waals surface area (Å²) >= 11 is 0. The van der Waals surface area contributed by atoms with Crippen LogP contribution in [0.15, 0.2) is 6.20 Å². The highest BCUT2D eigenvalue weighted by Gasteiger charge is 1.95. The molecule has 1 aromatic heterocycles. The molecule has 1 radical (unpaired) electrons. The normalized spacial score (nSPS) is 9.56. The average molecular weight is 125 g/mol. The van der Waals surface area contributed by atoms with E-state index in [1.54, 1.807) is 6.92 Å². The molecule has 0 aromatic carbocycles. The Morgan fingerprint density at radius 3 is 2.89 bits per heavy atom. The Labute approximate surface area is 52.5 Å². The smallest absolute Gasteiger partial charge is 0.145 e. The van der Waals surface area contributed by atoms with Gasteiger partial charge in [0, 0.05) is 6.07 Å². The van der Waals surface area contributed by atoms with Crippen LogP contribution in [0, 0.1) is 18.8 Å². The maximum atomic E-state index is 12.3. The number of rotatable bonds is 0. The number of aromatic nitrogens is 1. The Morgan fingerprint density at radius 2 is 2.44 bits per heavy atom. The van der Waals surface area contributed by atoms with Gasteiger partial charge in [-0.15, -0.1) is 0 Å². The number of nitrogens with zero attached hydrogens (tertiary/aromatic N) is 1. The molecule has 47 valence electrons. The van der Waals surface area contributed by atoms with Crippen LogP contribution in [0.4, 0.5) is 10.2 Å². The Bertz CT molecular complexity index is 222. The van der Waals surface area contributed by atoms with Crippen molar-refractivity contribution < 1.29 is 4.39 Å². The first-order valence-electron chi connectivity index (χ1n) is 2.50. The minimum absolute atomic E-state index is 0.230. The van der Waals surface area contributed by atoms with Crippen molar-refractivity contribution >= 4 is 5.82 Å². The summed E-state index contributed by atoms with van der Waals surface area (Å²) in [5.74, 6) is -0.141. The Kier molecular flexibility index (Phi) is 1.34. The lowest BCUT2D eigenvalue weighted by Crippen LogP contribution is -1.92. The molecule has 0 aliphatic rings. The van der Waals surface area contributed by atoms with Crippen molar-refractivity contribution in [1.29, 1.82) is 0 Å². The van der Waals surface area contributed by atoms with Crippen molar-refractivity contribution in [1.82, 2.24) is 4.98 Å². The molecule has 1 rings (SSSR count). The second kappa shape index (κ2) is 2.01. The number of pyridine rings is 1. The molecular formula is C6H6FN2. The van der Waals surface area contributed by atoms with Gasteiger partial charge < -0.3 is 5.73 Å². The Hall–Kier alpha value is -1.12. The van der Waals surface area contributed by atoms with E-state index < -0.39 is 0 Å². The molecule has 2 nitrogen and oxygen atoms in total. The molecule has 0 unspecified atom stereocenters. The van der Waals surface area contributed by atoms with E-state index in [0.29, 0.717) is 5.56 Å². The number of nitrogen functional groups attached to an aromatic ring is 1. The Morgan fingerprint density at radius 1 is 1.78 bits per heavy atom. The lowest BCUT2D eigenvalue weighted by atomic mass is 10.3. The standard InChI is InChI=1S/C6H6FN2/c1-4-2-6(8)9-3-5(4)7/h3H,1H3,(H2,8,9). The first-order chi connectivity index (χ1) is 4.20. The van der Waals surface area contributed by atoms with Gasteiger partial charge in [-0.3, -0.25) is 0 Å². The molecule has 0 saturated heterocycles. The maximum absolute atomic E-state index is 12.3. The predicted octanol–water partition coefficient (Wildman–Crippen LogP) is 0.912. The van der Waals surface area contributed by atoms with Crippen molar-refractivity contribution in [2.45, 2.75) is 6.92 Å². The molecule has 1 heterocycles. The Balaban J connectivity index is 3.17. The second-order valence-corrected chi connectivity index (χ2v) is 1.74. The fourth-order valence-electron chi connectivity index (χ4n) is 0.507. The summed E-state index contributed by atoms with van der Waals surface area (Å²) in [6.45, 7) is 1.59. The number of hydrogen-bond acceptors (Lipinski definition) is 2. The van der Waals surface area contributed by atoms with Gasteiger partial charge in [0.2, 0.25) is 0 Å². The summed E-state index contributed by atoms with van der Waals surface area (Å²) in [6, 6.07) is 2.53. The van der Waals surface area contributed by atoms with E-state index in [1.807, 2.05) is 0 Å². The van der Waals surface area contributed by atoms with E-state index in [1.165, 1.54) is 0 Å². The quantitative estimate of drug-likeness (QED) is 0.559. The molecule has 0 aliphatic carbocycles. The number of halogens is 1. The SMILES string of the molecule is Cc1[c]c(N)ncc1F. The first-order valence-corrected chi connectivity index (χ1v) is 2.50. The maximum Gasteiger partial charge on any atom is 0.145 e. The van der Waals surface area contributed by atoms with Crippen molar-refractivity contribution in [2.75, 3.05) is 5.73 Å². The monoisotopic (exact) mass is 125 g/mol. The van der Waals surface area contributed by atoms with E-state index in [-0.39, 0.29) is 11.6 Å². The van der Waals surface area contributed by atoms with Crippen molar-refractivity contribution in [2.24, 2.45) is 0 Å². The topological polar surface area (TPSA) is 38.9 Å². The number of nitrogens with two attached hydrogens (primary N) is 1. The van der Waals surface area contributed by atoms with Crippen LogP contribution in [-0.2, 0) is 0 Å². The number of aryl methyl sites for hydroxylation is 1. The van der Waals surface area contributed by atoms with Gasteiger partial charge in [-0.25, -0.2) is 9.37 Å². The van der Waals surface area contributed by atoms with Gasteiger partial charge in [0.25, 0.3) is 0 Å². The van der Waals surface area contributed by atoms with Crippen molar-refractivity contribution in [3.8, 4) is 0 Å². The number of anilines is 1. The third-order valence-electron chi connectivity index (χ3n) is 0.991. The van der Waals surface area contributed by atoms with Crippen molar-refractivity contribution in [3.05, 3.63) is 23.6 Å². The fraction of sp³-hybridized carbons (Fsp3) is 0.167. The molecule has 0 aliphatic heterocycles.